The van der Waals surface area contributed by atoms with E-state index in [1.807, 2.05) is 24.7 Å². The topological polar surface area (TPSA) is 97.4 Å². The highest BCUT2D eigenvalue weighted by Gasteiger charge is 2.51. The minimum Gasteiger partial charge on any atom is -0.517 e. The molecule has 1 aliphatic heterocycles. The van der Waals surface area contributed by atoms with Gasteiger partial charge in [-0.15, -0.1) is 6.58 Å². The molecule has 0 aliphatic carbocycles. The summed E-state index contributed by atoms with van der Waals surface area (Å²) in [5.74, 6) is -1.31. The average molecular weight is 425 g/mol. The van der Waals surface area contributed by atoms with Gasteiger partial charge in [0.1, 0.15) is 5.75 Å². The van der Waals surface area contributed by atoms with Gasteiger partial charge in [-0.2, -0.15) is 0 Å². The van der Waals surface area contributed by atoms with Crippen molar-refractivity contribution in [1.82, 2.24) is 0 Å². The molecule has 8 nitrogen and oxygen atoms in total. The average Bonchev–Trinajstić information content (AvgIpc) is 2.58. The van der Waals surface area contributed by atoms with Crippen LogP contribution < -0.4 is 4.43 Å². The smallest absolute Gasteiger partial charge is 0.517 e. The maximum absolute atomic E-state index is 11.5. The van der Waals surface area contributed by atoms with Crippen molar-refractivity contribution >= 4 is 35.3 Å². The number of benzene rings is 1. The van der Waals surface area contributed by atoms with Gasteiger partial charge in [0.25, 0.3) is 17.9 Å². The van der Waals surface area contributed by atoms with Crippen LogP contribution in [0.25, 0.3) is 0 Å². The Kier molecular flexibility index (Phi) is 6.80. The lowest BCUT2D eigenvalue weighted by Crippen LogP contribution is -2.49. The van der Waals surface area contributed by atoms with Gasteiger partial charge in [-0.3, -0.25) is 14.4 Å². The quantitative estimate of drug-likeness (QED) is 0.616. The fourth-order valence-electron chi connectivity index (χ4n) is 2.74. The summed E-state index contributed by atoms with van der Waals surface area (Å²) >= 11 is 0. The first-order valence-electron chi connectivity index (χ1n) is 8.73. The maximum atomic E-state index is 11.5. The highest BCUT2D eigenvalue weighted by Crippen LogP contribution is 2.31. The van der Waals surface area contributed by atoms with E-state index in [-0.39, 0.29) is 6.04 Å². The summed E-state index contributed by atoms with van der Waals surface area (Å²) in [6.07, 6.45) is 0.365. The Labute approximate surface area is 166 Å². The molecule has 1 atom stereocenters. The van der Waals surface area contributed by atoms with Crippen LogP contribution in [0.15, 0.2) is 30.5 Å². The zero-order valence-corrected chi connectivity index (χ0v) is 18.4. The molecule has 1 heterocycles. The molecule has 1 aromatic carbocycles. The van der Waals surface area contributed by atoms with Crippen LogP contribution in [0, 0.1) is 0 Å². The fraction of sp³-hybridized carbons (Fsp3) is 0.389. The lowest BCUT2D eigenvalue weighted by molar-refractivity contribution is -0.147. The van der Waals surface area contributed by atoms with E-state index in [0.29, 0.717) is 13.0 Å². The molecule has 0 fully saturated rings. The molecule has 0 bridgehead atoms. The van der Waals surface area contributed by atoms with E-state index in [9.17, 15) is 14.4 Å². The number of fused-ring (bicyclic) bond motifs is 1. The molecule has 28 heavy (non-hydrogen) atoms. The summed E-state index contributed by atoms with van der Waals surface area (Å²) in [5.41, 5.74) is 3.48. The summed E-state index contributed by atoms with van der Waals surface area (Å²) in [4.78, 5) is 34.5. The van der Waals surface area contributed by atoms with E-state index in [1.54, 1.807) is 5.70 Å². The normalized spacial score (nSPS) is 18.3. The standard InChI is InChI=1S/C18H24O8Si2/c1-6-27(5)22-12-17-11-16(7-8-18(17)26-27)9-10-28(23-13(2)19,24-14(3)20)25-15(4)21/h6-8,11H,1,9-10,12H2,2-5H3. The number of carbonyl (C=O) groups is 3. The van der Waals surface area contributed by atoms with Crippen molar-refractivity contribution in [2.75, 3.05) is 0 Å². The second-order valence-electron chi connectivity index (χ2n) is 6.52. The molecule has 2 rings (SSSR count). The van der Waals surface area contributed by atoms with E-state index in [4.69, 9.17) is 22.1 Å². The molecule has 1 unspecified atom stereocenters. The van der Waals surface area contributed by atoms with Crippen molar-refractivity contribution < 1.29 is 36.5 Å². The van der Waals surface area contributed by atoms with Gasteiger partial charge < -0.3 is 22.1 Å². The van der Waals surface area contributed by atoms with Crippen LogP contribution in [0.3, 0.4) is 0 Å². The predicted molar refractivity (Wildman–Crippen MR) is 103 cm³/mol. The van der Waals surface area contributed by atoms with Crippen molar-refractivity contribution in [3.8, 4) is 5.75 Å². The van der Waals surface area contributed by atoms with Gasteiger partial charge in [0.05, 0.1) is 12.7 Å². The van der Waals surface area contributed by atoms with Gasteiger partial charge in [0.15, 0.2) is 0 Å². The van der Waals surface area contributed by atoms with Crippen LogP contribution in [0.5, 0.6) is 5.75 Å². The number of hydrogen-bond donors (Lipinski definition) is 0. The second kappa shape index (κ2) is 8.71. The Morgan fingerprint density at radius 2 is 1.71 bits per heavy atom. The molecule has 0 saturated heterocycles. The van der Waals surface area contributed by atoms with E-state index in [0.717, 1.165) is 16.9 Å². The van der Waals surface area contributed by atoms with Crippen molar-refractivity contribution in [2.24, 2.45) is 0 Å². The highest BCUT2D eigenvalue weighted by molar-refractivity contribution is 6.72. The second-order valence-corrected chi connectivity index (χ2v) is 11.9. The molecule has 0 spiro atoms. The molecule has 1 aliphatic rings. The molecule has 0 saturated carbocycles. The van der Waals surface area contributed by atoms with Crippen LogP contribution in [0.4, 0.5) is 0 Å². The first-order chi connectivity index (χ1) is 13.1. The molecule has 0 radical (unpaired) electrons. The first kappa shape index (κ1) is 21.9. The molecular weight excluding hydrogens is 400 g/mol. The summed E-state index contributed by atoms with van der Waals surface area (Å²) in [6.45, 7) is 9.59. The SMILES string of the molecule is C=C[Si]1(C)OCc2cc(CC[Si](OC(C)=O)(OC(C)=O)OC(C)=O)ccc2O1. The van der Waals surface area contributed by atoms with Crippen molar-refractivity contribution in [2.45, 2.75) is 46.4 Å². The van der Waals surface area contributed by atoms with Crippen LogP contribution in [0.2, 0.25) is 12.6 Å². The monoisotopic (exact) mass is 424 g/mol. The van der Waals surface area contributed by atoms with Crippen LogP contribution >= 0.6 is 0 Å². The Balaban J connectivity index is 2.20. The van der Waals surface area contributed by atoms with Gasteiger partial charge in [-0.05, 0) is 36.4 Å². The summed E-state index contributed by atoms with van der Waals surface area (Å²) in [6, 6.07) is 5.68. The zero-order chi connectivity index (χ0) is 20.9. The number of rotatable bonds is 7. The fourth-order valence-corrected chi connectivity index (χ4v) is 6.42. The molecule has 0 aromatic heterocycles. The van der Waals surface area contributed by atoms with Gasteiger partial charge in [-0.1, -0.05) is 6.07 Å². The van der Waals surface area contributed by atoms with Crippen LogP contribution in [-0.2, 0) is 45.1 Å². The van der Waals surface area contributed by atoms with Crippen LogP contribution in [0.1, 0.15) is 31.9 Å². The molecule has 0 amide bonds. The predicted octanol–water partition coefficient (Wildman–Crippen LogP) is 2.56. The number of carbonyl (C=O) groups excluding carboxylic acids is 3. The summed E-state index contributed by atoms with van der Waals surface area (Å²) in [7, 11) is -6.23. The molecule has 10 heteroatoms. The Morgan fingerprint density at radius 3 is 2.21 bits per heavy atom. The lowest BCUT2D eigenvalue weighted by Gasteiger charge is -2.31. The van der Waals surface area contributed by atoms with E-state index >= 15 is 0 Å². The van der Waals surface area contributed by atoms with Crippen molar-refractivity contribution in [3.05, 3.63) is 41.6 Å². The Bertz CT molecular complexity index is 753. The van der Waals surface area contributed by atoms with Crippen molar-refractivity contribution in [1.29, 1.82) is 0 Å². The van der Waals surface area contributed by atoms with E-state index < -0.39 is 35.3 Å². The lowest BCUT2D eigenvalue weighted by atomic mass is 10.1. The molecule has 1 aromatic rings. The Hall–Kier alpha value is -2.44. The minimum atomic E-state index is -3.85. The van der Waals surface area contributed by atoms with E-state index in [2.05, 4.69) is 6.58 Å². The summed E-state index contributed by atoms with van der Waals surface area (Å²) in [5, 5.41) is 0. The van der Waals surface area contributed by atoms with E-state index in [1.165, 1.54) is 20.8 Å². The third-order valence-corrected chi connectivity index (χ3v) is 8.68. The van der Waals surface area contributed by atoms with Crippen molar-refractivity contribution in [3.63, 3.8) is 0 Å². The van der Waals surface area contributed by atoms with Gasteiger partial charge in [-0.25, -0.2) is 0 Å². The molecular formula is C18H24O8Si2. The number of aryl methyl sites for hydroxylation is 1. The zero-order valence-electron chi connectivity index (χ0n) is 16.4. The Morgan fingerprint density at radius 1 is 1.14 bits per heavy atom. The van der Waals surface area contributed by atoms with Gasteiger partial charge in [0, 0.05) is 26.3 Å². The minimum absolute atomic E-state index is 0.0748. The van der Waals surface area contributed by atoms with Gasteiger partial charge in [0.2, 0.25) is 0 Å². The largest absolute Gasteiger partial charge is 0.705 e. The molecule has 152 valence electrons. The maximum Gasteiger partial charge on any atom is 0.705 e. The third-order valence-electron chi connectivity index (χ3n) is 3.94. The molecule has 0 N–H and O–H groups in total. The number of hydrogen-bond acceptors (Lipinski definition) is 8. The first-order valence-corrected chi connectivity index (χ1v) is 13.1. The summed E-state index contributed by atoms with van der Waals surface area (Å²) < 4.78 is 27.3. The van der Waals surface area contributed by atoms with Gasteiger partial charge >= 0.3 is 17.4 Å². The highest BCUT2D eigenvalue weighted by atomic mass is 28.4. The van der Waals surface area contributed by atoms with Crippen LogP contribution in [-0.4, -0.2) is 35.3 Å². The third kappa shape index (κ3) is 5.78.